The summed E-state index contributed by atoms with van der Waals surface area (Å²) in [6.45, 7) is 8.53. The molecule has 0 bridgehead atoms. The number of carbonyl (C=O) groups is 1. The SMILES string of the molecule is COc1cccc(OC)c1C(=O)CC(C)C(C)(C)C. The van der Waals surface area contributed by atoms with E-state index in [1.165, 1.54) is 0 Å². The third-order valence-corrected chi connectivity index (χ3v) is 3.68. The van der Waals surface area contributed by atoms with Gasteiger partial charge in [-0.25, -0.2) is 0 Å². The van der Waals surface area contributed by atoms with Crippen molar-refractivity contribution in [2.75, 3.05) is 14.2 Å². The molecule has 0 aliphatic carbocycles. The van der Waals surface area contributed by atoms with Crippen molar-refractivity contribution in [1.29, 1.82) is 0 Å². The molecule has 0 aromatic heterocycles. The van der Waals surface area contributed by atoms with Crippen LogP contribution in [-0.2, 0) is 0 Å². The Morgan fingerprint density at radius 1 is 1.16 bits per heavy atom. The van der Waals surface area contributed by atoms with Gasteiger partial charge in [0, 0.05) is 6.42 Å². The van der Waals surface area contributed by atoms with E-state index < -0.39 is 0 Å². The van der Waals surface area contributed by atoms with Crippen molar-refractivity contribution in [1.82, 2.24) is 0 Å². The maximum Gasteiger partial charge on any atom is 0.170 e. The predicted molar refractivity (Wildman–Crippen MR) is 77.1 cm³/mol. The lowest BCUT2D eigenvalue weighted by Gasteiger charge is -2.27. The number of Topliss-reactive ketones (excluding diaryl/α,β-unsaturated/α-hetero) is 1. The highest BCUT2D eigenvalue weighted by Crippen LogP contribution is 2.34. The summed E-state index contributed by atoms with van der Waals surface area (Å²) in [5, 5.41) is 0. The van der Waals surface area contributed by atoms with E-state index in [1.807, 2.05) is 6.07 Å². The van der Waals surface area contributed by atoms with Gasteiger partial charge in [0.15, 0.2) is 5.78 Å². The Bertz CT molecular complexity index is 422. The molecule has 0 spiro atoms. The second-order valence-electron chi connectivity index (χ2n) is 5.93. The van der Waals surface area contributed by atoms with Crippen LogP contribution >= 0.6 is 0 Å². The zero-order valence-corrected chi connectivity index (χ0v) is 12.7. The molecule has 0 saturated carbocycles. The molecule has 1 aromatic carbocycles. The lowest BCUT2D eigenvalue weighted by molar-refractivity contribution is 0.0921. The number of ketones is 1. The number of methoxy groups -OCH3 is 2. The number of hydrogen-bond acceptors (Lipinski definition) is 3. The van der Waals surface area contributed by atoms with Gasteiger partial charge in [-0.2, -0.15) is 0 Å². The molecule has 0 saturated heterocycles. The van der Waals surface area contributed by atoms with Gasteiger partial charge in [-0.05, 0) is 23.5 Å². The smallest absolute Gasteiger partial charge is 0.170 e. The van der Waals surface area contributed by atoms with Crippen molar-refractivity contribution in [3.05, 3.63) is 23.8 Å². The summed E-state index contributed by atoms with van der Waals surface area (Å²) in [6, 6.07) is 5.40. The Morgan fingerprint density at radius 3 is 2.00 bits per heavy atom. The average Bonchev–Trinajstić information content (AvgIpc) is 2.36. The van der Waals surface area contributed by atoms with Crippen LogP contribution < -0.4 is 9.47 Å². The monoisotopic (exact) mass is 264 g/mol. The number of ether oxygens (including phenoxy) is 2. The highest BCUT2D eigenvalue weighted by molar-refractivity contribution is 6.01. The molecule has 0 aliphatic heterocycles. The lowest BCUT2D eigenvalue weighted by atomic mass is 9.78. The molecule has 0 aliphatic rings. The molecule has 3 heteroatoms. The molecule has 0 fully saturated rings. The van der Waals surface area contributed by atoms with Crippen LogP contribution in [0.4, 0.5) is 0 Å². The van der Waals surface area contributed by atoms with E-state index in [4.69, 9.17) is 9.47 Å². The molecule has 1 rings (SSSR count). The highest BCUT2D eigenvalue weighted by atomic mass is 16.5. The van der Waals surface area contributed by atoms with E-state index in [0.717, 1.165) is 0 Å². The Morgan fingerprint density at radius 2 is 1.63 bits per heavy atom. The van der Waals surface area contributed by atoms with E-state index in [2.05, 4.69) is 27.7 Å². The molecule has 19 heavy (non-hydrogen) atoms. The van der Waals surface area contributed by atoms with Crippen molar-refractivity contribution in [2.24, 2.45) is 11.3 Å². The molecular formula is C16H24O3. The minimum atomic E-state index is 0.0664. The predicted octanol–water partition coefficient (Wildman–Crippen LogP) is 3.96. The van der Waals surface area contributed by atoms with Crippen LogP contribution in [0, 0.1) is 11.3 Å². The summed E-state index contributed by atoms with van der Waals surface area (Å²) in [5.74, 6) is 1.50. The second-order valence-corrected chi connectivity index (χ2v) is 5.93. The molecule has 1 aromatic rings. The summed E-state index contributed by atoms with van der Waals surface area (Å²) in [6.07, 6.45) is 0.486. The Balaban J connectivity index is 3.05. The third kappa shape index (κ3) is 3.72. The van der Waals surface area contributed by atoms with E-state index in [9.17, 15) is 4.79 Å². The standard InChI is InChI=1S/C16H24O3/c1-11(16(2,3)4)10-12(17)15-13(18-5)8-7-9-14(15)19-6/h7-9,11H,10H2,1-6H3. The van der Waals surface area contributed by atoms with Crippen molar-refractivity contribution < 1.29 is 14.3 Å². The summed E-state index contributed by atoms with van der Waals surface area (Å²) >= 11 is 0. The van der Waals surface area contributed by atoms with Crippen LogP contribution in [-0.4, -0.2) is 20.0 Å². The number of hydrogen-bond donors (Lipinski definition) is 0. The molecule has 1 unspecified atom stereocenters. The van der Waals surface area contributed by atoms with E-state index in [-0.39, 0.29) is 17.1 Å². The maximum atomic E-state index is 12.5. The van der Waals surface area contributed by atoms with Gasteiger partial charge in [-0.3, -0.25) is 4.79 Å². The molecular weight excluding hydrogens is 240 g/mol. The summed E-state index contributed by atoms with van der Waals surface area (Å²) in [4.78, 5) is 12.5. The number of benzene rings is 1. The van der Waals surface area contributed by atoms with Crippen molar-refractivity contribution in [2.45, 2.75) is 34.1 Å². The van der Waals surface area contributed by atoms with Gasteiger partial charge in [0.1, 0.15) is 17.1 Å². The largest absolute Gasteiger partial charge is 0.496 e. The van der Waals surface area contributed by atoms with E-state index >= 15 is 0 Å². The van der Waals surface area contributed by atoms with Crippen LogP contribution in [0.1, 0.15) is 44.5 Å². The van der Waals surface area contributed by atoms with Gasteiger partial charge in [-0.1, -0.05) is 33.8 Å². The van der Waals surface area contributed by atoms with Crippen molar-refractivity contribution >= 4 is 5.78 Å². The first-order valence-electron chi connectivity index (χ1n) is 6.55. The molecule has 106 valence electrons. The van der Waals surface area contributed by atoms with Crippen LogP contribution in [0.3, 0.4) is 0 Å². The van der Waals surface area contributed by atoms with Gasteiger partial charge in [-0.15, -0.1) is 0 Å². The Kier molecular flexibility index (Phi) is 4.98. The molecule has 0 N–H and O–H groups in total. The number of carbonyl (C=O) groups excluding carboxylic acids is 1. The topological polar surface area (TPSA) is 35.5 Å². The molecule has 0 amide bonds. The van der Waals surface area contributed by atoms with Crippen LogP contribution in [0.15, 0.2) is 18.2 Å². The minimum absolute atomic E-state index is 0.0664. The zero-order valence-electron chi connectivity index (χ0n) is 12.7. The third-order valence-electron chi connectivity index (χ3n) is 3.68. The average molecular weight is 264 g/mol. The first kappa shape index (κ1) is 15.5. The summed E-state index contributed by atoms with van der Waals surface area (Å²) in [7, 11) is 3.14. The quantitative estimate of drug-likeness (QED) is 0.755. The second kappa shape index (κ2) is 6.09. The Labute approximate surface area is 115 Å². The van der Waals surface area contributed by atoms with E-state index in [1.54, 1.807) is 26.4 Å². The molecule has 1 atom stereocenters. The first-order valence-corrected chi connectivity index (χ1v) is 6.55. The zero-order chi connectivity index (χ0) is 14.6. The molecule has 0 heterocycles. The first-order chi connectivity index (χ1) is 8.81. The highest BCUT2D eigenvalue weighted by Gasteiger charge is 2.26. The maximum absolute atomic E-state index is 12.5. The number of rotatable bonds is 5. The van der Waals surface area contributed by atoms with Gasteiger partial charge < -0.3 is 9.47 Å². The van der Waals surface area contributed by atoms with E-state index in [0.29, 0.717) is 23.5 Å². The van der Waals surface area contributed by atoms with Crippen LogP contribution in [0.5, 0.6) is 11.5 Å². The van der Waals surface area contributed by atoms with Crippen molar-refractivity contribution in [3.63, 3.8) is 0 Å². The lowest BCUT2D eigenvalue weighted by Crippen LogP contribution is -2.21. The Hall–Kier alpha value is -1.51. The minimum Gasteiger partial charge on any atom is -0.496 e. The van der Waals surface area contributed by atoms with Gasteiger partial charge in [0.05, 0.1) is 14.2 Å². The fraction of sp³-hybridized carbons (Fsp3) is 0.562. The molecule has 0 radical (unpaired) electrons. The normalized spacial score (nSPS) is 12.9. The summed E-state index contributed by atoms with van der Waals surface area (Å²) < 4.78 is 10.6. The van der Waals surface area contributed by atoms with Gasteiger partial charge >= 0.3 is 0 Å². The van der Waals surface area contributed by atoms with Crippen LogP contribution in [0.2, 0.25) is 0 Å². The van der Waals surface area contributed by atoms with Crippen molar-refractivity contribution in [3.8, 4) is 11.5 Å². The molecule has 3 nitrogen and oxygen atoms in total. The fourth-order valence-electron chi connectivity index (χ4n) is 1.81. The van der Waals surface area contributed by atoms with Gasteiger partial charge in [0.25, 0.3) is 0 Å². The van der Waals surface area contributed by atoms with Crippen LogP contribution in [0.25, 0.3) is 0 Å². The van der Waals surface area contributed by atoms with Gasteiger partial charge in [0.2, 0.25) is 0 Å². The summed E-state index contributed by atoms with van der Waals surface area (Å²) in [5.41, 5.74) is 0.647. The fourth-order valence-corrected chi connectivity index (χ4v) is 1.81.